The van der Waals surface area contributed by atoms with E-state index in [1.807, 2.05) is 35.2 Å². The standard InChI is InChI=1S/C18H19BrN2O2/c1-23-17-4-2-3-14(13-17)18(22)21-11-9-20(10-12-21)16-7-5-15(19)6-8-16/h2-8,13H,9-12H2,1H3. The molecule has 1 saturated heterocycles. The molecule has 1 heterocycles. The molecule has 4 nitrogen and oxygen atoms in total. The van der Waals surface area contributed by atoms with Gasteiger partial charge in [-0.05, 0) is 42.5 Å². The maximum absolute atomic E-state index is 12.6. The van der Waals surface area contributed by atoms with Gasteiger partial charge in [0, 0.05) is 41.9 Å². The first-order valence-corrected chi connectivity index (χ1v) is 8.40. The predicted molar refractivity (Wildman–Crippen MR) is 95.3 cm³/mol. The van der Waals surface area contributed by atoms with E-state index >= 15 is 0 Å². The molecule has 0 saturated carbocycles. The van der Waals surface area contributed by atoms with Crippen molar-refractivity contribution in [2.45, 2.75) is 0 Å². The molecule has 0 N–H and O–H groups in total. The summed E-state index contributed by atoms with van der Waals surface area (Å²) in [6.45, 7) is 3.15. The average molecular weight is 375 g/mol. The first kappa shape index (κ1) is 15.9. The van der Waals surface area contributed by atoms with Crippen LogP contribution in [0.2, 0.25) is 0 Å². The second-order valence-electron chi connectivity index (χ2n) is 5.49. The van der Waals surface area contributed by atoms with Gasteiger partial charge in [-0.3, -0.25) is 4.79 Å². The number of piperazine rings is 1. The van der Waals surface area contributed by atoms with Crippen molar-refractivity contribution in [2.75, 3.05) is 38.2 Å². The van der Waals surface area contributed by atoms with Crippen LogP contribution in [0.5, 0.6) is 5.75 Å². The van der Waals surface area contributed by atoms with Crippen molar-refractivity contribution in [2.24, 2.45) is 0 Å². The van der Waals surface area contributed by atoms with E-state index < -0.39 is 0 Å². The number of nitrogens with zero attached hydrogens (tertiary/aromatic N) is 2. The molecule has 0 aromatic heterocycles. The first-order valence-electron chi connectivity index (χ1n) is 7.61. The second kappa shape index (κ2) is 7.04. The Labute approximate surface area is 144 Å². The molecule has 0 bridgehead atoms. The van der Waals surface area contributed by atoms with Gasteiger partial charge in [0.25, 0.3) is 5.91 Å². The van der Waals surface area contributed by atoms with E-state index in [2.05, 4.69) is 33.0 Å². The topological polar surface area (TPSA) is 32.8 Å². The van der Waals surface area contributed by atoms with Gasteiger partial charge in [0.2, 0.25) is 0 Å². The SMILES string of the molecule is COc1cccc(C(=O)N2CCN(c3ccc(Br)cc3)CC2)c1. The average Bonchev–Trinajstić information content (AvgIpc) is 2.62. The lowest BCUT2D eigenvalue weighted by Crippen LogP contribution is -2.48. The molecule has 1 aliphatic heterocycles. The van der Waals surface area contributed by atoms with Crippen LogP contribution in [-0.2, 0) is 0 Å². The van der Waals surface area contributed by atoms with Gasteiger partial charge in [0.15, 0.2) is 0 Å². The van der Waals surface area contributed by atoms with Gasteiger partial charge in [-0.1, -0.05) is 22.0 Å². The summed E-state index contributed by atoms with van der Waals surface area (Å²) in [6, 6.07) is 15.6. The van der Waals surface area contributed by atoms with E-state index in [-0.39, 0.29) is 5.91 Å². The van der Waals surface area contributed by atoms with E-state index in [0.29, 0.717) is 11.3 Å². The van der Waals surface area contributed by atoms with Gasteiger partial charge in [0.05, 0.1) is 7.11 Å². The van der Waals surface area contributed by atoms with E-state index in [1.54, 1.807) is 13.2 Å². The predicted octanol–water partition coefficient (Wildman–Crippen LogP) is 3.42. The van der Waals surface area contributed by atoms with Crippen LogP contribution in [0.15, 0.2) is 53.0 Å². The first-order chi connectivity index (χ1) is 11.2. The summed E-state index contributed by atoms with van der Waals surface area (Å²) in [5.74, 6) is 0.781. The molecule has 120 valence electrons. The van der Waals surface area contributed by atoms with Crippen LogP contribution < -0.4 is 9.64 Å². The zero-order valence-electron chi connectivity index (χ0n) is 13.0. The number of amides is 1. The highest BCUT2D eigenvalue weighted by Crippen LogP contribution is 2.21. The van der Waals surface area contributed by atoms with Crippen LogP contribution in [0.4, 0.5) is 5.69 Å². The fraction of sp³-hybridized carbons (Fsp3) is 0.278. The Morgan fingerprint density at radius 1 is 1.04 bits per heavy atom. The lowest BCUT2D eigenvalue weighted by atomic mass is 10.1. The fourth-order valence-electron chi connectivity index (χ4n) is 2.76. The smallest absolute Gasteiger partial charge is 0.254 e. The van der Waals surface area contributed by atoms with Gasteiger partial charge in [0.1, 0.15) is 5.75 Å². The third-order valence-corrected chi connectivity index (χ3v) is 4.60. The summed E-state index contributed by atoms with van der Waals surface area (Å²) < 4.78 is 6.27. The summed E-state index contributed by atoms with van der Waals surface area (Å²) in [6.07, 6.45) is 0. The summed E-state index contributed by atoms with van der Waals surface area (Å²) >= 11 is 3.45. The number of carbonyl (C=O) groups is 1. The van der Waals surface area contributed by atoms with Gasteiger partial charge in [-0.2, -0.15) is 0 Å². The number of halogens is 1. The van der Waals surface area contributed by atoms with Gasteiger partial charge in [-0.15, -0.1) is 0 Å². The second-order valence-corrected chi connectivity index (χ2v) is 6.40. The molecule has 0 radical (unpaired) electrons. The molecule has 1 aliphatic rings. The Balaban J connectivity index is 1.64. The van der Waals surface area contributed by atoms with E-state index in [4.69, 9.17) is 4.74 Å². The number of ether oxygens (including phenoxy) is 1. The molecular weight excluding hydrogens is 356 g/mol. The molecule has 0 unspecified atom stereocenters. The lowest BCUT2D eigenvalue weighted by Gasteiger charge is -2.36. The van der Waals surface area contributed by atoms with E-state index in [9.17, 15) is 4.79 Å². The number of anilines is 1. The third kappa shape index (κ3) is 3.67. The molecule has 3 rings (SSSR count). The van der Waals surface area contributed by atoms with Crippen LogP contribution in [0.1, 0.15) is 10.4 Å². The number of carbonyl (C=O) groups excluding carboxylic acids is 1. The van der Waals surface area contributed by atoms with Crippen molar-refractivity contribution in [3.63, 3.8) is 0 Å². The van der Waals surface area contributed by atoms with Crippen molar-refractivity contribution in [1.82, 2.24) is 4.90 Å². The highest BCUT2D eigenvalue weighted by Gasteiger charge is 2.22. The number of rotatable bonds is 3. The highest BCUT2D eigenvalue weighted by molar-refractivity contribution is 9.10. The largest absolute Gasteiger partial charge is 0.497 e. The molecule has 1 amide bonds. The molecule has 2 aromatic carbocycles. The van der Waals surface area contributed by atoms with Crippen LogP contribution in [-0.4, -0.2) is 44.1 Å². The zero-order valence-corrected chi connectivity index (χ0v) is 14.6. The normalized spacial score (nSPS) is 14.7. The molecule has 0 aliphatic carbocycles. The monoisotopic (exact) mass is 374 g/mol. The van der Waals surface area contributed by atoms with Crippen LogP contribution in [0.3, 0.4) is 0 Å². The highest BCUT2D eigenvalue weighted by atomic mass is 79.9. The third-order valence-electron chi connectivity index (χ3n) is 4.08. The number of benzene rings is 2. The Bertz CT molecular complexity index is 680. The number of methoxy groups -OCH3 is 1. The minimum absolute atomic E-state index is 0.0688. The Morgan fingerprint density at radius 3 is 2.39 bits per heavy atom. The molecule has 2 aromatic rings. The van der Waals surface area contributed by atoms with Crippen molar-refractivity contribution in [3.05, 3.63) is 58.6 Å². The summed E-state index contributed by atoms with van der Waals surface area (Å²) in [4.78, 5) is 16.8. The molecule has 0 atom stereocenters. The maximum Gasteiger partial charge on any atom is 0.254 e. The van der Waals surface area contributed by atoms with Crippen molar-refractivity contribution < 1.29 is 9.53 Å². The molecule has 0 spiro atoms. The maximum atomic E-state index is 12.6. The minimum atomic E-state index is 0.0688. The minimum Gasteiger partial charge on any atom is -0.497 e. The van der Waals surface area contributed by atoms with Gasteiger partial charge in [-0.25, -0.2) is 0 Å². The summed E-state index contributed by atoms with van der Waals surface area (Å²) in [5, 5.41) is 0. The van der Waals surface area contributed by atoms with E-state index in [0.717, 1.165) is 30.7 Å². The molecule has 23 heavy (non-hydrogen) atoms. The van der Waals surface area contributed by atoms with Crippen LogP contribution in [0.25, 0.3) is 0 Å². The van der Waals surface area contributed by atoms with E-state index in [1.165, 1.54) is 5.69 Å². The van der Waals surface area contributed by atoms with Crippen molar-refractivity contribution in [1.29, 1.82) is 0 Å². The number of hydrogen-bond donors (Lipinski definition) is 0. The summed E-state index contributed by atoms with van der Waals surface area (Å²) in [5.41, 5.74) is 1.88. The van der Waals surface area contributed by atoms with Crippen LogP contribution >= 0.6 is 15.9 Å². The zero-order chi connectivity index (χ0) is 16.2. The van der Waals surface area contributed by atoms with Crippen molar-refractivity contribution in [3.8, 4) is 5.75 Å². The van der Waals surface area contributed by atoms with Crippen molar-refractivity contribution >= 4 is 27.5 Å². The Kier molecular flexibility index (Phi) is 4.86. The summed E-state index contributed by atoms with van der Waals surface area (Å²) in [7, 11) is 1.61. The molecular formula is C18H19BrN2O2. The fourth-order valence-corrected chi connectivity index (χ4v) is 3.02. The Morgan fingerprint density at radius 2 is 1.74 bits per heavy atom. The Hall–Kier alpha value is -2.01. The van der Waals surface area contributed by atoms with Gasteiger partial charge < -0.3 is 14.5 Å². The molecule has 5 heteroatoms. The number of hydrogen-bond acceptors (Lipinski definition) is 3. The van der Waals surface area contributed by atoms with Crippen LogP contribution in [0, 0.1) is 0 Å². The molecule has 1 fully saturated rings. The quantitative estimate of drug-likeness (QED) is 0.824. The lowest BCUT2D eigenvalue weighted by molar-refractivity contribution is 0.0746. The van der Waals surface area contributed by atoms with Gasteiger partial charge >= 0.3 is 0 Å².